The van der Waals surface area contributed by atoms with Crippen LogP contribution in [0.2, 0.25) is 0 Å². The fourth-order valence-electron chi connectivity index (χ4n) is 3.40. The van der Waals surface area contributed by atoms with Gasteiger partial charge in [0, 0.05) is 25.7 Å². The highest BCUT2D eigenvalue weighted by atomic mass is 16.5. The van der Waals surface area contributed by atoms with Crippen LogP contribution in [0.4, 0.5) is 5.69 Å². The van der Waals surface area contributed by atoms with E-state index in [1.165, 1.54) is 5.56 Å². The molecule has 126 valence electrons. The molecule has 4 rings (SSSR count). The topological polar surface area (TPSA) is 80.5 Å². The highest BCUT2D eigenvalue weighted by molar-refractivity contribution is 5.96. The van der Waals surface area contributed by atoms with Crippen molar-refractivity contribution in [1.82, 2.24) is 15.0 Å². The number of carbonyl (C=O) groups excluding carboxylic acids is 1. The number of morpholine rings is 1. The third-order valence-electron chi connectivity index (χ3n) is 4.63. The fraction of sp³-hybridized carbons (Fsp3) is 0.471. The number of anilines is 1. The van der Waals surface area contributed by atoms with Gasteiger partial charge in [0.1, 0.15) is 6.10 Å². The summed E-state index contributed by atoms with van der Waals surface area (Å²) in [6.07, 6.45) is 1.42. The molecule has 1 aromatic carbocycles. The van der Waals surface area contributed by atoms with Crippen molar-refractivity contribution < 1.29 is 14.1 Å². The number of benzene rings is 1. The van der Waals surface area contributed by atoms with Gasteiger partial charge in [-0.15, -0.1) is 0 Å². The molecule has 0 bridgehead atoms. The lowest BCUT2D eigenvalue weighted by molar-refractivity contribution is -0.125. The molecule has 2 aromatic rings. The van der Waals surface area contributed by atoms with E-state index in [-0.39, 0.29) is 18.1 Å². The van der Waals surface area contributed by atoms with Crippen LogP contribution in [0, 0.1) is 6.92 Å². The molecule has 2 aliphatic heterocycles. The standard InChI is InChI=1S/C17H20N4O3/c1-11-18-16(20-24-11)15-10-21(8-9-23-15)14-7-6-12-4-2-3-5-13(12)19-17(14)22/h2-5,14-15H,6-10H2,1H3,(H,19,22). The Morgan fingerprint density at radius 1 is 1.33 bits per heavy atom. The van der Waals surface area contributed by atoms with Crippen LogP contribution in [-0.4, -0.2) is 46.7 Å². The van der Waals surface area contributed by atoms with Gasteiger partial charge in [-0.3, -0.25) is 9.69 Å². The number of nitrogens with one attached hydrogen (secondary N) is 1. The molecule has 0 aliphatic carbocycles. The number of fused-ring (bicyclic) bond motifs is 1. The van der Waals surface area contributed by atoms with Gasteiger partial charge in [-0.25, -0.2) is 0 Å². The van der Waals surface area contributed by atoms with Crippen molar-refractivity contribution in [2.75, 3.05) is 25.0 Å². The third kappa shape index (κ3) is 2.92. The van der Waals surface area contributed by atoms with Gasteiger partial charge in [0.25, 0.3) is 0 Å². The lowest BCUT2D eigenvalue weighted by atomic mass is 10.0. The molecule has 1 fully saturated rings. The Morgan fingerprint density at radius 3 is 3.04 bits per heavy atom. The number of aryl methyl sites for hydroxylation is 2. The summed E-state index contributed by atoms with van der Waals surface area (Å²) < 4.78 is 10.8. The van der Waals surface area contributed by atoms with Gasteiger partial charge in [0.2, 0.25) is 17.6 Å². The first-order valence-electron chi connectivity index (χ1n) is 8.25. The number of hydrogen-bond acceptors (Lipinski definition) is 6. The molecule has 0 saturated carbocycles. The number of nitrogens with zero attached hydrogens (tertiary/aromatic N) is 3. The normalized spacial score (nSPS) is 25.0. The summed E-state index contributed by atoms with van der Waals surface area (Å²) in [6.45, 7) is 3.62. The summed E-state index contributed by atoms with van der Waals surface area (Å²) in [5.74, 6) is 1.12. The molecule has 1 amide bonds. The van der Waals surface area contributed by atoms with Gasteiger partial charge in [0.05, 0.1) is 12.6 Å². The highest BCUT2D eigenvalue weighted by Gasteiger charge is 2.34. The molecule has 1 aromatic heterocycles. The Labute approximate surface area is 140 Å². The van der Waals surface area contributed by atoms with E-state index >= 15 is 0 Å². The average Bonchev–Trinajstić information content (AvgIpc) is 2.95. The summed E-state index contributed by atoms with van der Waals surface area (Å²) in [7, 11) is 0. The van der Waals surface area contributed by atoms with E-state index in [0.29, 0.717) is 24.9 Å². The van der Waals surface area contributed by atoms with Gasteiger partial charge in [0.15, 0.2) is 0 Å². The van der Waals surface area contributed by atoms with E-state index in [2.05, 4.69) is 26.4 Å². The molecule has 2 unspecified atom stereocenters. The second-order valence-electron chi connectivity index (χ2n) is 6.23. The van der Waals surface area contributed by atoms with Crippen molar-refractivity contribution in [3.05, 3.63) is 41.5 Å². The Balaban J connectivity index is 1.50. The Kier molecular flexibility index (Phi) is 4.03. The Morgan fingerprint density at radius 2 is 2.21 bits per heavy atom. The Bertz CT molecular complexity index is 745. The number of ether oxygens (including phenoxy) is 1. The summed E-state index contributed by atoms with van der Waals surface area (Å²) in [5, 5.41) is 7.01. The SMILES string of the molecule is Cc1nc(C2CN(C3CCc4ccccc4NC3=O)CCO2)no1. The van der Waals surface area contributed by atoms with Crippen molar-refractivity contribution in [1.29, 1.82) is 0 Å². The summed E-state index contributed by atoms with van der Waals surface area (Å²) in [6, 6.07) is 7.82. The van der Waals surface area contributed by atoms with Crippen LogP contribution in [0.15, 0.2) is 28.8 Å². The molecule has 3 heterocycles. The lowest BCUT2D eigenvalue weighted by Crippen LogP contribution is -2.49. The van der Waals surface area contributed by atoms with Crippen LogP contribution in [0.3, 0.4) is 0 Å². The van der Waals surface area contributed by atoms with Crippen LogP contribution in [0.5, 0.6) is 0 Å². The van der Waals surface area contributed by atoms with E-state index in [0.717, 1.165) is 25.1 Å². The maximum Gasteiger partial charge on any atom is 0.241 e. The summed E-state index contributed by atoms with van der Waals surface area (Å²) in [5.41, 5.74) is 2.11. The molecule has 24 heavy (non-hydrogen) atoms. The van der Waals surface area contributed by atoms with E-state index < -0.39 is 0 Å². The molecule has 1 N–H and O–H groups in total. The maximum absolute atomic E-state index is 12.7. The molecule has 0 spiro atoms. The van der Waals surface area contributed by atoms with Gasteiger partial charge in [-0.2, -0.15) is 4.98 Å². The lowest BCUT2D eigenvalue weighted by Gasteiger charge is -2.35. The first-order chi connectivity index (χ1) is 11.7. The highest BCUT2D eigenvalue weighted by Crippen LogP contribution is 2.27. The largest absolute Gasteiger partial charge is 0.367 e. The number of amides is 1. The van der Waals surface area contributed by atoms with Crippen LogP contribution >= 0.6 is 0 Å². The van der Waals surface area contributed by atoms with Crippen LogP contribution in [0.1, 0.15) is 29.8 Å². The molecule has 7 heteroatoms. The maximum atomic E-state index is 12.7. The molecular formula is C17H20N4O3. The van der Waals surface area contributed by atoms with E-state index in [4.69, 9.17) is 9.26 Å². The molecule has 2 aliphatic rings. The number of carbonyl (C=O) groups is 1. The Hall–Kier alpha value is -2.25. The fourth-order valence-corrected chi connectivity index (χ4v) is 3.40. The van der Waals surface area contributed by atoms with Crippen molar-refractivity contribution >= 4 is 11.6 Å². The monoisotopic (exact) mass is 328 g/mol. The predicted molar refractivity (Wildman–Crippen MR) is 86.5 cm³/mol. The van der Waals surface area contributed by atoms with Gasteiger partial charge in [-0.05, 0) is 24.5 Å². The minimum Gasteiger partial charge on any atom is -0.367 e. The summed E-state index contributed by atoms with van der Waals surface area (Å²) in [4.78, 5) is 19.1. The minimum absolute atomic E-state index is 0.0462. The number of rotatable bonds is 2. The van der Waals surface area contributed by atoms with E-state index in [1.54, 1.807) is 6.92 Å². The average molecular weight is 328 g/mol. The third-order valence-corrected chi connectivity index (χ3v) is 4.63. The molecular weight excluding hydrogens is 308 g/mol. The number of para-hydroxylation sites is 1. The minimum atomic E-state index is -0.255. The first-order valence-corrected chi connectivity index (χ1v) is 8.25. The van der Waals surface area contributed by atoms with Crippen molar-refractivity contribution in [3.63, 3.8) is 0 Å². The molecule has 7 nitrogen and oxygen atoms in total. The predicted octanol–water partition coefficient (Wildman–Crippen LogP) is 1.70. The zero-order valence-corrected chi connectivity index (χ0v) is 13.6. The smallest absolute Gasteiger partial charge is 0.241 e. The van der Waals surface area contributed by atoms with Crippen molar-refractivity contribution in [2.24, 2.45) is 0 Å². The molecule has 1 saturated heterocycles. The number of hydrogen-bond donors (Lipinski definition) is 1. The van der Waals surface area contributed by atoms with Crippen LogP contribution < -0.4 is 5.32 Å². The van der Waals surface area contributed by atoms with Crippen molar-refractivity contribution in [3.8, 4) is 0 Å². The zero-order chi connectivity index (χ0) is 16.5. The molecule has 0 radical (unpaired) electrons. The van der Waals surface area contributed by atoms with Crippen molar-refractivity contribution in [2.45, 2.75) is 31.9 Å². The van der Waals surface area contributed by atoms with Crippen LogP contribution in [-0.2, 0) is 16.0 Å². The summed E-state index contributed by atoms with van der Waals surface area (Å²) >= 11 is 0. The zero-order valence-electron chi connectivity index (χ0n) is 13.6. The molecule has 2 atom stereocenters. The second kappa shape index (κ2) is 6.33. The number of aromatic nitrogens is 2. The quantitative estimate of drug-likeness (QED) is 0.904. The van der Waals surface area contributed by atoms with E-state index in [1.807, 2.05) is 18.2 Å². The first kappa shape index (κ1) is 15.3. The van der Waals surface area contributed by atoms with Gasteiger partial charge >= 0.3 is 0 Å². The van der Waals surface area contributed by atoms with Gasteiger partial charge in [-0.1, -0.05) is 23.4 Å². The van der Waals surface area contributed by atoms with Crippen LogP contribution in [0.25, 0.3) is 0 Å². The second-order valence-corrected chi connectivity index (χ2v) is 6.23. The van der Waals surface area contributed by atoms with Gasteiger partial charge < -0.3 is 14.6 Å². The van der Waals surface area contributed by atoms with E-state index in [9.17, 15) is 4.79 Å².